The van der Waals surface area contributed by atoms with E-state index in [0.29, 0.717) is 0 Å². The van der Waals surface area contributed by atoms with Crippen LogP contribution in [0.5, 0.6) is 0 Å². The fourth-order valence-corrected chi connectivity index (χ4v) is 2.37. The highest BCUT2D eigenvalue weighted by atomic mass is 79.9. The van der Waals surface area contributed by atoms with E-state index in [1.807, 2.05) is 0 Å². The molecular formula is C11H16BrNO. The number of allylic oxidation sites excluding steroid dienone is 2. The predicted molar refractivity (Wildman–Crippen MR) is 61.3 cm³/mol. The monoisotopic (exact) mass is 257 g/mol. The lowest BCUT2D eigenvalue weighted by Crippen LogP contribution is -2.31. The van der Waals surface area contributed by atoms with E-state index in [-0.39, 0.29) is 0 Å². The van der Waals surface area contributed by atoms with E-state index in [9.17, 15) is 0 Å². The van der Waals surface area contributed by atoms with Crippen molar-refractivity contribution >= 4 is 15.9 Å². The number of halogens is 1. The Kier molecular flexibility index (Phi) is 3.65. The highest BCUT2D eigenvalue weighted by molar-refractivity contribution is 9.11. The molecule has 1 saturated heterocycles. The van der Waals surface area contributed by atoms with Crippen molar-refractivity contribution in [3.05, 3.63) is 22.8 Å². The zero-order chi connectivity index (χ0) is 9.80. The summed E-state index contributed by atoms with van der Waals surface area (Å²) in [5.41, 5.74) is 0. The van der Waals surface area contributed by atoms with Crippen LogP contribution in [0.25, 0.3) is 0 Å². The van der Waals surface area contributed by atoms with Crippen LogP contribution in [0.1, 0.15) is 12.8 Å². The third kappa shape index (κ3) is 2.61. The summed E-state index contributed by atoms with van der Waals surface area (Å²) in [6, 6.07) is 0. The smallest absolute Gasteiger partial charge is 0.0808 e. The first-order valence-corrected chi connectivity index (χ1v) is 6.00. The van der Waals surface area contributed by atoms with E-state index in [2.05, 4.69) is 39.1 Å². The van der Waals surface area contributed by atoms with Gasteiger partial charge in [-0.3, -0.25) is 0 Å². The lowest BCUT2D eigenvalue weighted by atomic mass is 10.00. The molecule has 2 aliphatic rings. The molecule has 0 atom stereocenters. The average molecular weight is 258 g/mol. The second-order valence-corrected chi connectivity index (χ2v) is 4.69. The topological polar surface area (TPSA) is 12.5 Å². The molecule has 14 heavy (non-hydrogen) atoms. The van der Waals surface area contributed by atoms with E-state index in [4.69, 9.17) is 4.74 Å². The van der Waals surface area contributed by atoms with Crippen LogP contribution >= 0.6 is 15.9 Å². The first-order chi connectivity index (χ1) is 6.86. The molecule has 0 radical (unpaired) electrons. The third-order valence-corrected chi connectivity index (χ3v) is 3.58. The predicted octanol–water partition coefficient (Wildman–Crippen LogP) is 2.52. The van der Waals surface area contributed by atoms with Gasteiger partial charge in [-0.1, -0.05) is 12.2 Å². The molecule has 1 fully saturated rings. The Bertz CT molecular complexity index is 244. The van der Waals surface area contributed by atoms with Gasteiger partial charge >= 0.3 is 0 Å². The minimum Gasteiger partial charge on any atom is -0.381 e. The Labute approximate surface area is 93.7 Å². The first kappa shape index (κ1) is 10.2. The molecule has 0 bridgehead atoms. The molecule has 3 heteroatoms. The molecule has 0 aliphatic carbocycles. The van der Waals surface area contributed by atoms with Gasteiger partial charge in [0.2, 0.25) is 0 Å². The Morgan fingerprint density at radius 2 is 2.21 bits per heavy atom. The second-order valence-electron chi connectivity index (χ2n) is 3.88. The molecule has 78 valence electrons. The number of rotatable bonds is 2. The summed E-state index contributed by atoms with van der Waals surface area (Å²) < 4.78 is 6.57. The summed E-state index contributed by atoms with van der Waals surface area (Å²) in [7, 11) is 0. The summed E-state index contributed by atoms with van der Waals surface area (Å²) >= 11 is 3.59. The van der Waals surface area contributed by atoms with Gasteiger partial charge in [0, 0.05) is 26.3 Å². The van der Waals surface area contributed by atoms with Gasteiger partial charge in [-0.05, 0) is 40.8 Å². The molecule has 0 amide bonds. The molecule has 2 aliphatic heterocycles. The molecule has 2 heterocycles. The summed E-state index contributed by atoms with van der Waals surface area (Å²) in [4.78, 5) is 2.38. The van der Waals surface area contributed by atoms with Crippen LogP contribution < -0.4 is 0 Å². The van der Waals surface area contributed by atoms with E-state index in [1.54, 1.807) is 0 Å². The van der Waals surface area contributed by atoms with Crippen molar-refractivity contribution in [2.24, 2.45) is 5.92 Å². The Hall–Kier alpha value is -0.280. The molecule has 0 spiro atoms. The SMILES string of the molecule is BrC1=CC=CCN1CC1CCOCC1. The van der Waals surface area contributed by atoms with Crippen LogP contribution in [0.15, 0.2) is 22.8 Å². The quantitative estimate of drug-likeness (QED) is 0.706. The van der Waals surface area contributed by atoms with Gasteiger partial charge in [-0.2, -0.15) is 0 Å². The zero-order valence-corrected chi connectivity index (χ0v) is 9.87. The first-order valence-electron chi connectivity index (χ1n) is 5.21. The Morgan fingerprint density at radius 3 is 2.93 bits per heavy atom. The number of ether oxygens (including phenoxy) is 1. The molecule has 0 N–H and O–H groups in total. The summed E-state index contributed by atoms with van der Waals surface area (Å²) in [6.07, 6.45) is 8.83. The second kappa shape index (κ2) is 4.99. The van der Waals surface area contributed by atoms with E-state index in [1.165, 1.54) is 17.4 Å². The Balaban J connectivity index is 1.84. The van der Waals surface area contributed by atoms with Crippen LogP contribution in [0.2, 0.25) is 0 Å². The van der Waals surface area contributed by atoms with Crippen molar-refractivity contribution in [2.45, 2.75) is 12.8 Å². The van der Waals surface area contributed by atoms with Crippen molar-refractivity contribution in [1.29, 1.82) is 0 Å². The molecule has 0 aromatic heterocycles. The van der Waals surface area contributed by atoms with Crippen molar-refractivity contribution in [2.75, 3.05) is 26.3 Å². The average Bonchev–Trinajstić information content (AvgIpc) is 2.23. The maximum absolute atomic E-state index is 5.36. The molecule has 2 rings (SSSR count). The number of hydrogen-bond donors (Lipinski definition) is 0. The van der Waals surface area contributed by atoms with Crippen LogP contribution in [0, 0.1) is 5.92 Å². The fourth-order valence-electron chi connectivity index (χ4n) is 1.93. The van der Waals surface area contributed by atoms with Gasteiger partial charge in [0.15, 0.2) is 0 Å². The van der Waals surface area contributed by atoms with Gasteiger partial charge in [-0.25, -0.2) is 0 Å². The molecule has 2 nitrogen and oxygen atoms in total. The van der Waals surface area contributed by atoms with Crippen molar-refractivity contribution in [1.82, 2.24) is 4.90 Å². The summed E-state index contributed by atoms with van der Waals surface area (Å²) in [5.74, 6) is 0.802. The molecule has 0 aromatic carbocycles. The minimum atomic E-state index is 0.802. The van der Waals surface area contributed by atoms with E-state index >= 15 is 0 Å². The van der Waals surface area contributed by atoms with Crippen molar-refractivity contribution in [3.63, 3.8) is 0 Å². The standard InChI is InChI=1S/C11H16BrNO/c12-11-3-1-2-6-13(11)9-10-4-7-14-8-5-10/h1-3,10H,4-9H2. The Morgan fingerprint density at radius 1 is 1.43 bits per heavy atom. The normalized spacial score (nSPS) is 23.8. The largest absolute Gasteiger partial charge is 0.381 e. The minimum absolute atomic E-state index is 0.802. The molecule has 0 aromatic rings. The van der Waals surface area contributed by atoms with Crippen LogP contribution in [-0.4, -0.2) is 31.2 Å². The van der Waals surface area contributed by atoms with Crippen LogP contribution in [0.4, 0.5) is 0 Å². The third-order valence-electron chi connectivity index (χ3n) is 2.82. The lowest BCUT2D eigenvalue weighted by Gasteiger charge is -2.31. The molecule has 0 saturated carbocycles. The highest BCUT2D eigenvalue weighted by Crippen LogP contribution is 2.22. The van der Waals surface area contributed by atoms with E-state index < -0.39 is 0 Å². The maximum Gasteiger partial charge on any atom is 0.0808 e. The summed E-state index contributed by atoms with van der Waals surface area (Å²) in [6.45, 7) is 4.07. The van der Waals surface area contributed by atoms with Gasteiger partial charge in [0.05, 0.1) is 4.61 Å². The van der Waals surface area contributed by atoms with Gasteiger partial charge in [0.1, 0.15) is 0 Å². The van der Waals surface area contributed by atoms with Crippen LogP contribution in [0.3, 0.4) is 0 Å². The van der Waals surface area contributed by atoms with Gasteiger partial charge < -0.3 is 9.64 Å². The van der Waals surface area contributed by atoms with Gasteiger partial charge in [0.25, 0.3) is 0 Å². The highest BCUT2D eigenvalue weighted by Gasteiger charge is 2.18. The maximum atomic E-state index is 5.36. The molecule has 0 unspecified atom stereocenters. The number of nitrogens with zero attached hydrogens (tertiary/aromatic N) is 1. The fraction of sp³-hybridized carbons (Fsp3) is 0.636. The number of hydrogen-bond acceptors (Lipinski definition) is 2. The van der Waals surface area contributed by atoms with Crippen molar-refractivity contribution in [3.8, 4) is 0 Å². The lowest BCUT2D eigenvalue weighted by molar-refractivity contribution is 0.0584. The van der Waals surface area contributed by atoms with E-state index in [0.717, 1.165) is 32.2 Å². The zero-order valence-electron chi connectivity index (χ0n) is 8.29. The van der Waals surface area contributed by atoms with Crippen LogP contribution in [-0.2, 0) is 4.74 Å². The van der Waals surface area contributed by atoms with Gasteiger partial charge in [-0.15, -0.1) is 0 Å². The van der Waals surface area contributed by atoms with Crippen molar-refractivity contribution < 1.29 is 4.74 Å². The summed E-state index contributed by atoms with van der Waals surface area (Å²) in [5, 5.41) is 0. The molecular weight excluding hydrogens is 242 g/mol.